The number of hydrazine groups is 1. The van der Waals surface area contributed by atoms with Crippen LogP contribution in [-0.2, 0) is 5.75 Å². The van der Waals surface area contributed by atoms with Crippen LogP contribution in [0, 0.1) is 5.92 Å². The Labute approximate surface area is 156 Å². The molecule has 0 saturated carbocycles. The van der Waals surface area contributed by atoms with Gasteiger partial charge < -0.3 is 14.8 Å². The summed E-state index contributed by atoms with van der Waals surface area (Å²) < 4.78 is 10.9. The molecule has 1 aromatic heterocycles. The molecule has 2 atom stereocenters. The van der Waals surface area contributed by atoms with Gasteiger partial charge >= 0.3 is 0 Å². The molecule has 1 fully saturated rings. The first-order valence-electron chi connectivity index (χ1n) is 8.59. The van der Waals surface area contributed by atoms with Crippen LogP contribution in [0.15, 0.2) is 35.7 Å². The van der Waals surface area contributed by atoms with Crippen LogP contribution in [0.5, 0.6) is 11.5 Å². The summed E-state index contributed by atoms with van der Waals surface area (Å²) in [5.41, 5.74) is 7.93. The van der Waals surface area contributed by atoms with E-state index in [9.17, 15) is 0 Å². The van der Waals surface area contributed by atoms with Gasteiger partial charge in [-0.3, -0.25) is 5.43 Å². The van der Waals surface area contributed by atoms with Crippen LogP contribution in [0.3, 0.4) is 0 Å². The Bertz CT molecular complexity index is 681. The minimum atomic E-state index is 0.292. The van der Waals surface area contributed by atoms with Crippen LogP contribution in [0.4, 0.5) is 0 Å². The molecule has 1 aromatic carbocycles. The van der Waals surface area contributed by atoms with Crippen molar-refractivity contribution >= 4 is 23.1 Å². The van der Waals surface area contributed by atoms with Gasteiger partial charge in [-0.25, -0.2) is 5.43 Å². The van der Waals surface area contributed by atoms with Gasteiger partial charge in [0, 0.05) is 41.9 Å². The van der Waals surface area contributed by atoms with Crippen LogP contribution in [0.2, 0.25) is 0 Å². The molecule has 25 heavy (non-hydrogen) atoms. The highest BCUT2D eigenvalue weighted by Gasteiger charge is 2.29. The number of thioether (sulfide) groups is 1. The normalized spacial score (nSPS) is 21.8. The fourth-order valence-electron chi connectivity index (χ4n) is 3.19. The molecule has 0 radical (unpaired) electrons. The van der Waals surface area contributed by atoms with E-state index in [1.165, 1.54) is 10.4 Å². The molecule has 7 heteroatoms. The average Bonchev–Trinajstić information content (AvgIpc) is 3.38. The second-order valence-electron chi connectivity index (χ2n) is 6.21. The average molecular weight is 378 g/mol. The molecule has 0 amide bonds. The van der Waals surface area contributed by atoms with Gasteiger partial charge in [0.25, 0.3) is 0 Å². The molecule has 134 valence electrons. The van der Waals surface area contributed by atoms with Crippen molar-refractivity contribution in [1.82, 2.24) is 16.2 Å². The Hall–Kier alpha value is -1.25. The van der Waals surface area contributed by atoms with Crippen molar-refractivity contribution in [2.24, 2.45) is 5.92 Å². The summed E-state index contributed by atoms with van der Waals surface area (Å²) in [4.78, 5) is 1.46. The maximum atomic E-state index is 5.50. The second-order valence-corrected chi connectivity index (χ2v) is 8.35. The predicted molar refractivity (Wildman–Crippen MR) is 103 cm³/mol. The summed E-state index contributed by atoms with van der Waals surface area (Å²) in [7, 11) is 0. The minimum absolute atomic E-state index is 0.292. The Morgan fingerprint density at radius 2 is 2.20 bits per heavy atom. The van der Waals surface area contributed by atoms with Crippen molar-refractivity contribution in [3.8, 4) is 11.5 Å². The van der Waals surface area contributed by atoms with Gasteiger partial charge in [-0.2, -0.15) is 11.8 Å². The van der Waals surface area contributed by atoms with Crippen molar-refractivity contribution in [1.29, 1.82) is 0 Å². The number of ether oxygens (including phenoxy) is 2. The Balaban J connectivity index is 1.22. The largest absolute Gasteiger partial charge is 0.454 e. The van der Waals surface area contributed by atoms with Gasteiger partial charge in [0.1, 0.15) is 0 Å². The van der Waals surface area contributed by atoms with E-state index in [0.717, 1.165) is 42.6 Å². The summed E-state index contributed by atoms with van der Waals surface area (Å²) >= 11 is 3.83. The lowest BCUT2D eigenvalue weighted by molar-refractivity contribution is 0.174. The fourth-order valence-corrected chi connectivity index (χ4v) is 4.93. The zero-order valence-electron chi connectivity index (χ0n) is 14.0. The van der Waals surface area contributed by atoms with Crippen molar-refractivity contribution in [3.63, 3.8) is 0 Å². The number of rotatable bonds is 8. The van der Waals surface area contributed by atoms with Crippen LogP contribution < -0.4 is 25.6 Å². The molecule has 0 aliphatic carbocycles. The number of nitrogens with one attached hydrogen (secondary N) is 3. The van der Waals surface area contributed by atoms with E-state index in [1.807, 2.05) is 29.2 Å². The zero-order chi connectivity index (χ0) is 16.9. The molecule has 5 nitrogen and oxygen atoms in total. The monoisotopic (exact) mass is 377 g/mol. The van der Waals surface area contributed by atoms with Gasteiger partial charge in [-0.15, -0.1) is 11.3 Å². The van der Waals surface area contributed by atoms with E-state index in [1.54, 1.807) is 0 Å². The van der Waals surface area contributed by atoms with E-state index < -0.39 is 0 Å². The maximum Gasteiger partial charge on any atom is 0.231 e. The van der Waals surface area contributed by atoms with E-state index >= 15 is 0 Å². The van der Waals surface area contributed by atoms with Crippen LogP contribution in [0.1, 0.15) is 16.5 Å². The zero-order valence-corrected chi connectivity index (χ0v) is 15.6. The predicted octanol–water partition coefficient (Wildman–Crippen LogP) is 2.76. The first-order chi connectivity index (χ1) is 12.4. The first-order valence-corrected chi connectivity index (χ1v) is 10.6. The third-order valence-electron chi connectivity index (χ3n) is 4.50. The van der Waals surface area contributed by atoms with Crippen molar-refractivity contribution in [2.45, 2.75) is 11.8 Å². The molecule has 3 heterocycles. The van der Waals surface area contributed by atoms with Gasteiger partial charge in [-0.05, 0) is 29.1 Å². The topological polar surface area (TPSA) is 54.5 Å². The lowest BCUT2D eigenvalue weighted by atomic mass is 9.94. The Morgan fingerprint density at radius 1 is 1.24 bits per heavy atom. The molecule has 2 aliphatic heterocycles. The summed E-state index contributed by atoms with van der Waals surface area (Å²) in [6, 6.07) is 10.8. The standard InChI is InChI=1S/C18H23N3O2S2/c1-2-15(25-6-1)11-24-7-5-19-9-14-10-20-21-18(14)13-3-4-16-17(8-13)23-12-22-16/h1-4,6,8,14,18-21H,5,7,9-12H2. The Morgan fingerprint density at radius 3 is 3.12 bits per heavy atom. The molecule has 3 N–H and O–H groups in total. The van der Waals surface area contributed by atoms with Crippen molar-refractivity contribution in [3.05, 3.63) is 46.2 Å². The smallest absolute Gasteiger partial charge is 0.231 e. The molecule has 0 bridgehead atoms. The molecule has 1 saturated heterocycles. The number of hydrogen-bond acceptors (Lipinski definition) is 7. The van der Waals surface area contributed by atoms with E-state index in [4.69, 9.17) is 9.47 Å². The van der Waals surface area contributed by atoms with Gasteiger partial charge in [0.2, 0.25) is 6.79 Å². The molecule has 2 aromatic rings. The van der Waals surface area contributed by atoms with E-state index in [-0.39, 0.29) is 0 Å². The van der Waals surface area contributed by atoms with E-state index in [0.29, 0.717) is 18.8 Å². The molecular weight excluding hydrogens is 354 g/mol. The molecular formula is C18H23N3O2S2. The van der Waals surface area contributed by atoms with E-state index in [2.05, 4.69) is 45.8 Å². The number of hydrogen-bond donors (Lipinski definition) is 3. The lowest BCUT2D eigenvalue weighted by Gasteiger charge is -2.19. The van der Waals surface area contributed by atoms with Gasteiger partial charge in [0.05, 0.1) is 6.04 Å². The van der Waals surface area contributed by atoms with Gasteiger partial charge in [0.15, 0.2) is 11.5 Å². The maximum absolute atomic E-state index is 5.50. The third kappa shape index (κ3) is 4.30. The second kappa shape index (κ2) is 8.42. The van der Waals surface area contributed by atoms with Gasteiger partial charge in [-0.1, -0.05) is 12.1 Å². The molecule has 0 spiro atoms. The molecule has 2 aliphatic rings. The first kappa shape index (κ1) is 17.2. The lowest BCUT2D eigenvalue weighted by Crippen LogP contribution is -2.30. The number of benzene rings is 1. The van der Waals surface area contributed by atoms with Crippen LogP contribution in [-0.4, -0.2) is 32.2 Å². The van der Waals surface area contributed by atoms with Crippen LogP contribution >= 0.6 is 23.1 Å². The highest BCUT2D eigenvalue weighted by atomic mass is 32.2. The summed E-state index contributed by atoms with van der Waals surface area (Å²) in [6.45, 7) is 3.33. The summed E-state index contributed by atoms with van der Waals surface area (Å²) in [5.74, 6) is 4.46. The molecule has 4 rings (SSSR count). The summed E-state index contributed by atoms with van der Waals surface area (Å²) in [5, 5.41) is 5.75. The number of thiophene rings is 1. The minimum Gasteiger partial charge on any atom is -0.454 e. The Kier molecular flexibility index (Phi) is 5.79. The summed E-state index contributed by atoms with van der Waals surface area (Å²) in [6.07, 6.45) is 0. The highest BCUT2D eigenvalue weighted by Crippen LogP contribution is 2.36. The van der Waals surface area contributed by atoms with Crippen LogP contribution in [0.25, 0.3) is 0 Å². The third-order valence-corrected chi connectivity index (χ3v) is 6.57. The molecule has 2 unspecified atom stereocenters. The van der Waals surface area contributed by atoms with Crippen molar-refractivity contribution < 1.29 is 9.47 Å². The van der Waals surface area contributed by atoms with Crippen molar-refractivity contribution in [2.75, 3.05) is 32.2 Å². The quantitative estimate of drug-likeness (QED) is 0.615. The fraction of sp³-hybridized carbons (Fsp3) is 0.444. The highest BCUT2D eigenvalue weighted by molar-refractivity contribution is 7.98. The number of fused-ring (bicyclic) bond motifs is 1. The SMILES string of the molecule is c1csc(CSCCNCC2CNNC2c2ccc3c(c2)OCO3)c1.